The van der Waals surface area contributed by atoms with Crippen LogP contribution in [0.1, 0.15) is 26.8 Å². The minimum atomic E-state index is -3.36. The molecule has 0 saturated carbocycles. The third kappa shape index (κ3) is 1.72. The van der Waals surface area contributed by atoms with Gasteiger partial charge in [0.2, 0.25) is 14.9 Å². The minimum absolute atomic E-state index is 0.00306. The van der Waals surface area contributed by atoms with Gasteiger partial charge in [0.05, 0.1) is 11.8 Å². The molecule has 0 unspecified atom stereocenters. The third-order valence-electron chi connectivity index (χ3n) is 1.86. The molecule has 14 heavy (non-hydrogen) atoms. The molecule has 1 rings (SSSR count). The van der Waals surface area contributed by atoms with E-state index in [0.29, 0.717) is 0 Å². The van der Waals surface area contributed by atoms with Crippen LogP contribution in [0.5, 0.6) is 0 Å². The van der Waals surface area contributed by atoms with E-state index >= 15 is 0 Å². The maximum Gasteiger partial charge on any atom is 0.220 e. The van der Waals surface area contributed by atoms with E-state index in [0.717, 1.165) is 0 Å². The SMILES string of the molecule is CCS(=O)(=O)c1nnn(C(C)C)c1N. The highest BCUT2D eigenvalue weighted by molar-refractivity contribution is 7.91. The van der Waals surface area contributed by atoms with Crippen molar-refractivity contribution in [3.63, 3.8) is 0 Å². The summed E-state index contributed by atoms with van der Waals surface area (Å²) in [7, 11) is -3.36. The van der Waals surface area contributed by atoms with E-state index in [9.17, 15) is 8.42 Å². The van der Waals surface area contributed by atoms with Crippen LogP contribution in [0.4, 0.5) is 5.82 Å². The van der Waals surface area contributed by atoms with Gasteiger partial charge in [-0.1, -0.05) is 12.1 Å². The summed E-state index contributed by atoms with van der Waals surface area (Å²) >= 11 is 0. The molecule has 0 radical (unpaired) electrons. The molecule has 0 spiro atoms. The summed E-state index contributed by atoms with van der Waals surface area (Å²) < 4.78 is 24.3. The van der Waals surface area contributed by atoms with Gasteiger partial charge in [-0.3, -0.25) is 0 Å². The molecule has 80 valence electrons. The Balaban J connectivity index is 3.27. The zero-order chi connectivity index (χ0) is 10.9. The molecule has 0 amide bonds. The summed E-state index contributed by atoms with van der Waals surface area (Å²) in [5, 5.41) is 7.15. The molecule has 1 heterocycles. The van der Waals surface area contributed by atoms with Crippen molar-refractivity contribution in [1.29, 1.82) is 0 Å². The molecule has 0 aliphatic rings. The number of hydrogen-bond acceptors (Lipinski definition) is 5. The lowest BCUT2D eigenvalue weighted by molar-refractivity contribution is 0.521. The summed E-state index contributed by atoms with van der Waals surface area (Å²) in [6.07, 6.45) is 0. The smallest absolute Gasteiger partial charge is 0.220 e. The Morgan fingerprint density at radius 2 is 2.07 bits per heavy atom. The molecule has 7 heteroatoms. The van der Waals surface area contributed by atoms with Gasteiger partial charge in [-0.25, -0.2) is 13.1 Å². The quantitative estimate of drug-likeness (QED) is 0.784. The number of anilines is 1. The summed E-state index contributed by atoms with van der Waals surface area (Å²) in [6.45, 7) is 5.25. The van der Waals surface area contributed by atoms with Crippen molar-refractivity contribution in [1.82, 2.24) is 15.0 Å². The fourth-order valence-corrected chi connectivity index (χ4v) is 1.87. The van der Waals surface area contributed by atoms with E-state index in [-0.39, 0.29) is 22.6 Å². The molecule has 0 atom stereocenters. The van der Waals surface area contributed by atoms with E-state index in [1.54, 1.807) is 6.92 Å². The van der Waals surface area contributed by atoms with Crippen molar-refractivity contribution >= 4 is 15.7 Å². The lowest BCUT2D eigenvalue weighted by Gasteiger charge is -2.05. The van der Waals surface area contributed by atoms with Crippen LogP contribution in [0.2, 0.25) is 0 Å². The molecular formula is C7H14N4O2S. The van der Waals surface area contributed by atoms with Gasteiger partial charge in [-0.15, -0.1) is 5.10 Å². The van der Waals surface area contributed by atoms with Crippen molar-refractivity contribution in [2.24, 2.45) is 0 Å². The molecule has 6 nitrogen and oxygen atoms in total. The number of nitrogen functional groups attached to an aromatic ring is 1. The molecule has 0 aromatic carbocycles. The number of hydrogen-bond donors (Lipinski definition) is 1. The molecule has 0 fully saturated rings. The summed E-state index contributed by atoms with van der Waals surface area (Å²) in [5.41, 5.74) is 5.62. The van der Waals surface area contributed by atoms with Crippen LogP contribution in [0, 0.1) is 0 Å². The van der Waals surface area contributed by atoms with Gasteiger partial charge in [-0.2, -0.15) is 0 Å². The average Bonchev–Trinajstić information content (AvgIpc) is 2.47. The highest BCUT2D eigenvalue weighted by Crippen LogP contribution is 2.18. The second-order valence-electron chi connectivity index (χ2n) is 3.22. The highest BCUT2D eigenvalue weighted by atomic mass is 32.2. The number of sulfone groups is 1. The summed E-state index contributed by atoms with van der Waals surface area (Å²) in [4.78, 5) is 0. The Morgan fingerprint density at radius 3 is 2.43 bits per heavy atom. The fourth-order valence-electron chi connectivity index (χ4n) is 1.03. The first-order chi connectivity index (χ1) is 6.40. The molecule has 0 bridgehead atoms. The van der Waals surface area contributed by atoms with E-state index < -0.39 is 9.84 Å². The first-order valence-electron chi connectivity index (χ1n) is 4.33. The van der Waals surface area contributed by atoms with Crippen LogP contribution < -0.4 is 5.73 Å². The van der Waals surface area contributed by atoms with Gasteiger partial charge in [0, 0.05) is 0 Å². The maximum absolute atomic E-state index is 11.5. The van der Waals surface area contributed by atoms with Crippen LogP contribution in [-0.4, -0.2) is 29.2 Å². The number of rotatable bonds is 3. The van der Waals surface area contributed by atoms with Gasteiger partial charge in [0.25, 0.3) is 0 Å². The number of nitrogens with zero attached hydrogens (tertiary/aromatic N) is 3. The van der Waals surface area contributed by atoms with Crippen molar-refractivity contribution in [3.05, 3.63) is 0 Å². The van der Waals surface area contributed by atoms with Gasteiger partial charge in [-0.05, 0) is 13.8 Å². The predicted molar refractivity (Wildman–Crippen MR) is 52.5 cm³/mol. The molecular weight excluding hydrogens is 204 g/mol. The largest absolute Gasteiger partial charge is 0.381 e. The maximum atomic E-state index is 11.5. The monoisotopic (exact) mass is 218 g/mol. The number of nitrogens with two attached hydrogens (primary N) is 1. The fraction of sp³-hybridized carbons (Fsp3) is 0.714. The van der Waals surface area contributed by atoms with Crippen LogP contribution in [0.3, 0.4) is 0 Å². The van der Waals surface area contributed by atoms with E-state index in [2.05, 4.69) is 10.3 Å². The summed E-state index contributed by atoms with van der Waals surface area (Å²) in [5.74, 6) is 0.0930. The van der Waals surface area contributed by atoms with E-state index in [1.165, 1.54) is 4.68 Å². The second-order valence-corrected chi connectivity index (χ2v) is 5.42. The zero-order valence-electron chi connectivity index (χ0n) is 8.43. The average molecular weight is 218 g/mol. The van der Waals surface area contributed by atoms with E-state index in [1.807, 2.05) is 13.8 Å². The molecule has 0 aliphatic heterocycles. The Bertz CT molecular complexity index is 421. The Kier molecular flexibility index (Phi) is 2.79. The normalized spacial score (nSPS) is 12.3. The molecule has 2 N–H and O–H groups in total. The van der Waals surface area contributed by atoms with Crippen LogP contribution >= 0.6 is 0 Å². The van der Waals surface area contributed by atoms with Crippen molar-refractivity contribution in [2.75, 3.05) is 11.5 Å². The topological polar surface area (TPSA) is 90.9 Å². The minimum Gasteiger partial charge on any atom is -0.381 e. The van der Waals surface area contributed by atoms with E-state index in [4.69, 9.17) is 5.73 Å². The zero-order valence-corrected chi connectivity index (χ0v) is 9.24. The Labute approximate surface area is 83.0 Å². The van der Waals surface area contributed by atoms with Crippen molar-refractivity contribution in [2.45, 2.75) is 31.8 Å². The van der Waals surface area contributed by atoms with Crippen molar-refractivity contribution in [3.8, 4) is 0 Å². The van der Waals surface area contributed by atoms with Crippen molar-refractivity contribution < 1.29 is 8.42 Å². The molecule has 1 aromatic heterocycles. The van der Waals surface area contributed by atoms with Gasteiger partial charge < -0.3 is 5.73 Å². The first kappa shape index (κ1) is 11.0. The first-order valence-corrected chi connectivity index (χ1v) is 5.98. The predicted octanol–water partition coefficient (Wildman–Crippen LogP) is 0.235. The van der Waals surface area contributed by atoms with Gasteiger partial charge >= 0.3 is 0 Å². The second kappa shape index (κ2) is 3.56. The molecule has 0 aliphatic carbocycles. The Morgan fingerprint density at radius 1 is 1.50 bits per heavy atom. The molecule has 0 saturated heterocycles. The molecule has 1 aromatic rings. The highest BCUT2D eigenvalue weighted by Gasteiger charge is 2.22. The van der Waals surface area contributed by atoms with Gasteiger partial charge in [0.1, 0.15) is 0 Å². The van der Waals surface area contributed by atoms with Crippen LogP contribution in [0.15, 0.2) is 5.03 Å². The van der Waals surface area contributed by atoms with Gasteiger partial charge in [0.15, 0.2) is 5.82 Å². The Hall–Kier alpha value is -1.11. The number of aromatic nitrogens is 3. The lowest BCUT2D eigenvalue weighted by atomic mass is 10.4. The standard InChI is InChI=1S/C7H14N4O2S/c1-4-14(12,13)7-6(8)11(5(2)3)10-9-7/h5H,4,8H2,1-3H3. The summed E-state index contributed by atoms with van der Waals surface area (Å²) in [6, 6.07) is 0.00306. The van der Waals surface area contributed by atoms with Crippen LogP contribution in [0.25, 0.3) is 0 Å². The lowest BCUT2D eigenvalue weighted by Crippen LogP contribution is -2.10. The third-order valence-corrected chi connectivity index (χ3v) is 3.50. The van der Waals surface area contributed by atoms with Crippen LogP contribution in [-0.2, 0) is 9.84 Å².